The van der Waals surface area contributed by atoms with Gasteiger partial charge in [0.15, 0.2) is 5.78 Å². The molecule has 1 unspecified atom stereocenters. The maximum atomic E-state index is 12.3. The second-order valence-electron chi connectivity index (χ2n) is 3.77. The van der Waals surface area contributed by atoms with Crippen LogP contribution in [0.15, 0.2) is 21.6 Å². The minimum atomic E-state index is -0.829. The van der Waals surface area contributed by atoms with Gasteiger partial charge in [0.1, 0.15) is 11.6 Å². The van der Waals surface area contributed by atoms with E-state index in [0.717, 1.165) is 15.1 Å². The second-order valence-corrected chi connectivity index (χ2v) is 5.99. The van der Waals surface area contributed by atoms with E-state index in [1.54, 1.807) is 20.0 Å². The first-order chi connectivity index (χ1) is 9.01. The van der Waals surface area contributed by atoms with Gasteiger partial charge in [0.2, 0.25) is 0 Å². The fourth-order valence-corrected chi connectivity index (χ4v) is 2.74. The zero-order chi connectivity index (χ0) is 14.4. The van der Waals surface area contributed by atoms with Crippen LogP contribution >= 0.6 is 27.7 Å². The van der Waals surface area contributed by atoms with Gasteiger partial charge in [-0.1, -0.05) is 6.92 Å². The van der Waals surface area contributed by atoms with Crippen molar-refractivity contribution in [1.29, 1.82) is 0 Å². The summed E-state index contributed by atoms with van der Waals surface area (Å²) in [6.07, 6.45) is 1.56. The van der Waals surface area contributed by atoms with Crippen LogP contribution in [0.5, 0.6) is 0 Å². The molecule has 1 atom stereocenters. The quantitative estimate of drug-likeness (QED) is 0.342. The second kappa shape index (κ2) is 7.65. The summed E-state index contributed by atoms with van der Waals surface area (Å²) in [5.41, 5.74) is 0.329. The van der Waals surface area contributed by atoms with Gasteiger partial charge in [0.05, 0.1) is 6.61 Å². The SMILES string of the molecule is CCOC(=O)C(C)C(=O)c1ncc(Br)cc1SCC. The Bertz CT molecular complexity index is 479. The van der Waals surface area contributed by atoms with Gasteiger partial charge < -0.3 is 4.74 Å². The fraction of sp³-hybridized carbons (Fsp3) is 0.462. The number of rotatable bonds is 6. The van der Waals surface area contributed by atoms with Gasteiger partial charge in [-0.05, 0) is 41.6 Å². The lowest BCUT2D eigenvalue weighted by Crippen LogP contribution is -2.24. The van der Waals surface area contributed by atoms with Crippen LogP contribution in [-0.4, -0.2) is 29.1 Å². The highest BCUT2D eigenvalue weighted by Crippen LogP contribution is 2.26. The van der Waals surface area contributed by atoms with Gasteiger partial charge in [-0.15, -0.1) is 11.8 Å². The minimum absolute atomic E-state index is 0.265. The highest BCUT2D eigenvalue weighted by atomic mass is 79.9. The molecular weight excluding hydrogens is 330 g/mol. The van der Waals surface area contributed by atoms with Gasteiger partial charge in [-0.2, -0.15) is 0 Å². The zero-order valence-corrected chi connectivity index (χ0v) is 13.5. The Morgan fingerprint density at radius 2 is 2.16 bits per heavy atom. The number of hydrogen-bond acceptors (Lipinski definition) is 5. The number of halogens is 1. The van der Waals surface area contributed by atoms with Crippen molar-refractivity contribution in [2.45, 2.75) is 25.7 Å². The average molecular weight is 346 g/mol. The molecule has 0 bridgehead atoms. The summed E-state index contributed by atoms with van der Waals surface area (Å²) < 4.78 is 5.68. The van der Waals surface area contributed by atoms with E-state index in [0.29, 0.717) is 5.69 Å². The molecule has 0 aliphatic heterocycles. The first-order valence-corrected chi connectivity index (χ1v) is 7.78. The van der Waals surface area contributed by atoms with Crippen molar-refractivity contribution < 1.29 is 14.3 Å². The summed E-state index contributed by atoms with van der Waals surface area (Å²) in [5, 5.41) is 0. The molecule has 0 aliphatic rings. The first-order valence-electron chi connectivity index (χ1n) is 6.00. The van der Waals surface area contributed by atoms with E-state index in [4.69, 9.17) is 4.74 Å². The largest absolute Gasteiger partial charge is 0.465 e. The number of ketones is 1. The first kappa shape index (κ1) is 16.2. The van der Waals surface area contributed by atoms with E-state index in [1.165, 1.54) is 11.8 Å². The molecule has 0 saturated heterocycles. The summed E-state index contributed by atoms with van der Waals surface area (Å²) in [5.74, 6) is -0.817. The summed E-state index contributed by atoms with van der Waals surface area (Å²) in [7, 11) is 0. The van der Waals surface area contributed by atoms with E-state index in [1.807, 2.05) is 13.0 Å². The summed E-state index contributed by atoms with van der Waals surface area (Å²) in [6.45, 7) is 5.52. The minimum Gasteiger partial charge on any atom is -0.465 e. The van der Waals surface area contributed by atoms with E-state index in [2.05, 4.69) is 20.9 Å². The molecule has 4 nitrogen and oxygen atoms in total. The van der Waals surface area contributed by atoms with E-state index < -0.39 is 11.9 Å². The molecule has 0 fully saturated rings. The number of carbonyl (C=O) groups excluding carboxylic acids is 2. The highest BCUT2D eigenvalue weighted by Gasteiger charge is 2.27. The lowest BCUT2D eigenvalue weighted by atomic mass is 10.0. The lowest BCUT2D eigenvalue weighted by molar-refractivity contribution is -0.145. The number of esters is 1. The Hall–Kier alpha value is -0.880. The molecule has 0 radical (unpaired) electrons. The maximum absolute atomic E-state index is 12.3. The molecule has 6 heteroatoms. The number of thioether (sulfide) groups is 1. The van der Waals surface area contributed by atoms with E-state index in [9.17, 15) is 9.59 Å². The van der Waals surface area contributed by atoms with Crippen LogP contribution in [-0.2, 0) is 9.53 Å². The van der Waals surface area contributed by atoms with Gasteiger partial charge in [-0.25, -0.2) is 0 Å². The van der Waals surface area contributed by atoms with Crippen LogP contribution in [0, 0.1) is 5.92 Å². The van der Waals surface area contributed by atoms with Crippen molar-refractivity contribution in [1.82, 2.24) is 4.98 Å². The number of aromatic nitrogens is 1. The molecular formula is C13H16BrNO3S. The van der Waals surface area contributed by atoms with Gasteiger partial charge in [0.25, 0.3) is 0 Å². The predicted molar refractivity (Wildman–Crippen MR) is 78.5 cm³/mol. The fourth-order valence-electron chi connectivity index (χ4n) is 1.45. The molecule has 0 spiro atoms. The number of pyridine rings is 1. The van der Waals surface area contributed by atoms with Crippen LogP contribution in [0.25, 0.3) is 0 Å². The number of Topliss-reactive ketones (excluding diaryl/α,β-unsaturated/α-hetero) is 1. The van der Waals surface area contributed by atoms with E-state index in [-0.39, 0.29) is 12.4 Å². The van der Waals surface area contributed by atoms with Crippen molar-refractivity contribution in [2.75, 3.05) is 12.4 Å². The molecule has 19 heavy (non-hydrogen) atoms. The zero-order valence-electron chi connectivity index (χ0n) is 11.1. The summed E-state index contributed by atoms with van der Waals surface area (Å²) in [6, 6.07) is 1.84. The number of hydrogen-bond donors (Lipinski definition) is 0. The number of ether oxygens (including phenoxy) is 1. The standard InChI is InChI=1S/C13H16BrNO3S/c1-4-18-13(17)8(3)12(16)11-10(19-5-2)6-9(14)7-15-11/h6-8H,4-5H2,1-3H3. The molecule has 1 heterocycles. The van der Waals surface area contributed by atoms with Crippen molar-refractivity contribution in [3.63, 3.8) is 0 Å². The van der Waals surface area contributed by atoms with Crippen molar-refractivity contribution in [3.05, 3.63) is 22.4 Å². The smallest absolute Gasteiger partial charge is 0.316 e. The van der Waals surface area contributed by atoms with Crippen LogP contribution in [0.3, 0.4) is 0 Å². The van der Waals surface area contributed by atoms with Crippen LogP contribution in [0.1, 0.15) is 31.3 Å². The maximum Gasteiger partial charge on any atom is 0.316 e. The molecule has 1 rings (SSSR count). The van der Waals surface area contributed by atoms with E-state index >= 15 is 0 Å². The van der Waals surface area contributed by atoms with Gasteiger partial charge in [-0.3, -0.25) is 14.6 Å². The van der Waals surface area contributed by atoms with Crippen molar-refractivity contribution in [2.24, 2.45) is 5.92 Å². The number of carbonyl (C=O) groups is 2. The Labute approximate surface area is 125 Å². The normalized spacial score (nSPS) is 12.0. The van der Waals surface area contributed by atoms with Gasteiger partial charge in [0, 0.05) is 15.6 Å². The van der Waals surface area contributed by atoms with Crippen molar-refractivity contribution in [3.8, 4) is 0 Å². The molecule has 104 valence electrons. The third-order valence-corrected chi connectivity index (χ3v) is 3.73. The lowest BCUT2D eigenvalue weighted by Gasteiger charge is -2.11. The summed E-state index contributed by atoms with van der Waals surface area (Å²) in [4.78, 5) is 28.8. The Balaban J connectivity index is 3.01. The summed E-state index contributed by atoms with van der Waals surface area (Å²) >= 11 is 4.85. The Morgan fingerprint density at radius 3 is 2.74 bits per heavy atom. The third-order valence-electron chi connectivity index (χ3n) is 2.39. The monoisotopic (exact) mass is 345 g/mol. The third kappa shape index (κ3) is 4.31. The topological polar surface area (TPSA) is 56.3 Å². The Kier molecular flexibility index (Phi) is 6.51. The molecule has 0 N–H and O–H groups in total. The van der Waals surface area contributed by atoms with Crippen molar-refractivity contribution >= 4 is 39.4 Å². The molecule has 0 saturated carbocycles. The average Bonchev–Trinajstić information content (AvgIpc) is 2.38. The molecule has 0 amide bonds. The van der Waals surface area contributed by atoms with Gasteiger partial charge >= 0.3 is 5.97 Å². The molecule has 0 aliphatic carbocycles. The van der Waals surface area contributed by atoms with Crippen LogP contribution in [0.4, 0.5) is 0 Å². The van der Waals surface area contributed by atoms with Crippen LogP contribution < -0.4 is 0 Å². The molecule has 0 aromatic carbocycles. The highest BCUT2D eigenvalue weighted by molar-refractivity contribution is 9.10. The molecule has 1 aromatic heterocycles. The molecule has 1 aromatic rings. The predicted octanol–water partition coefficient (Wildman–Crippen LogP) is 3.34. The van der Waals surface area contributed by atoms with Crippen LogP contribution in [0.2, 0.25) is 0 Å². The number of nitrogens with zero attached hydrogens (tertiary/aromatic N) is 1. The Morgan fingerprint density at radius 1 is 1.47 bits per heavy atom.